The number of rotatable bonds is 3. The fourth-order valence-corrected chi connectivity index (χ4v) is 4.53. The third-order valence-corrected chi connectivity index (χ3v) is 6.13. The summed E-state index contributed by atoms with van der Waals surface area (Å²) in [5, 5.41) is 0. The Kier molecular flexibility index (Phi) is 5.70. The van der Waals surface area contributed by atoms with Crippen LogP contribution in [0.25, 0.3) is 0 Å². The molecule has 4 nitrogen and oxygen atoms in total. The summed E-state index contributed by atoms with van der Waals surface area (Å²) in [5.74, 6) is 0.384. The zero-order valence-electron chi connectivity index (χ0n) is 17.0. The molecular weight excluding hydrogens is 369 g/mol. The summed E-state index contributed by atoms with van der Waals surface area (Å²) in [4.78, 5) is 14.8. The Bertz CT molecular complexity index is 839. The van der Waals surface area contributed by atoms with Crippen LogP contribution in [0.15, 0.2) is 54.6 Å². The van der Waals surface area contributed by atoms with Crippen molar-refractivity contribution in [2.45, 2.75) is 32.0 Å². The van der Waals surface area contributed by atoms with E-state index in [4.69, 9.17) is 9.47 Å². The average molecular weight is 397 g/mol. The highest BCUT2D eigenvalue weighted by Gasteiger charge is 2.47. The number of benzene rings is 2. The molecule has 0 saturated carbocycles. The van der Waals surface area contributed by atoms with E-state index in [9.17, 15) is 9.18 Å². The van der Waals surface area contributed by atoms with Crippen molar-refractivity contribution in [1.29, 1.82) is 0 Å². The molecule has 1 amide bonds. The predicted octanol–water partition coefficient (Wildman–Crippen LogP) is 4.47. The van der Waals surface area contributed by atoms with E-state index in [-0.39, 0.29) is 23.7 Å². The van der Waals surface area contributed by atoms with Gasteiger partial charge < -0.3 is 14.4 Å². The van der Waals surface area contributed by atoms with Crippen molar-refractivity contribution >= 4 is 5.91 Å². The van der Waals surface area contributed by atoms with Gasteiger partial charge in [-0.05, 0) is 48.1 Å². The van der Waals surface area contributed by atoms with E-state index in [0.717, 1.165) is 12.0 Å². The SMILES string of the molecule is CC(C)[C@@H]1C[C@@]2(CO[C@H]1c1ccc(F)cc1)CN(C(=O)c1ccccc1)CCO2. The molecule has 0 radical (unpaired) electrons. The van der Waals surface area contributed by atoms with Gasteiger partial charge in [0.15, 0.2) is 0 Å². The van der Waals surface area contributed by atoms with E-state index in [0.29, 0.717) is 37.8 Å². The molecule has 5 heteroatoms. The minimum Gasteiger partial charge on any atom is -0.370 e. The van der Waals surface area contributed by atoms with Gasteiger partial charge in [0.05, 0.1) is 25.9 Å². The van der Waals surface area contributed by atoms with E-state index in [1.165, 1.54) is 12.1 Å². The molecule has 1 spiro atoms. The highest BCUT2D eigenvalue weighted by Crippen LogP contribution is 2.44. The monoisotopic (exact) mass is 397 g/mol. The lowest BCUT2D eigenvalue weighted by molar-refractivity contribution is -0.204. The Hall–Kier alpha value is -2.24. The fourth-order valence-electron chi connectivity index (χ4n) is 4.53. The van der Waals surface area contributed by atoms with Crippen LogP contribution in [0.1, 0.15) is 42.3 Å². The second kappa shape index (κ2) is 8.25. The van der Waals surface area contributed by atoms with Crippen LogP contribution in [0.5, 0.6) is 0 Å². The molecule has 2 aromatic rings. The zero-order chi connectivity index (χ0) is 20.4. The lowest BCUT2D eigenvalue weighted by Gasteiger charge is -2.50. The van der Waals surface area contributed by atoms with Gasteiger partial charge in [0.1, 0.15) is 11.4 Å². The summed E-state index contributed by atoms with van der Waals surface area (Å²) in [6.07, 6.45) is 0.718. The van der Waals surface area contributed by atoms with E-state index < -0.39 is 5.60 Å². The third kappa shape index (κ3) is 4.21. The van der Waals surface area contributed by atoms with Gasteiger partial charge in [0.2, 0.25) is 0 Å². The van der Waals surface area contributed by atoms with Gasteiger partial charge in [0.25, 0.3) is 5.91 Å². The van der Waals surface area contributed by atoms with Crippen molar-refractivity contribution < 1.29 is 18.7 Å². The minimum atomic E-state index is -0.492. The molecule has 4 rings (SSSR count). The van der Waals surface area contributed by atoms with Crippen LogP contribution in [0, 0.1) is 17.7 Å². The van der Waals surface area contributed by atoms with Crippen molar-refractivity contribution in [2.75, 3.05) is 26.3 Å². The van der Waals surface area contributed by atoms with Crippen LogP contribution in [0.3, 0.4) is 0 Å². The first-order valence-electron chi connectivity index (χ1n) is 10.3. The van der Waals surface area contributed by atoms with Gasteiger partial charge in [-0.1, -0.05) is 44.2 Å². The van der Waals surface area contributed by atoms with Gasteiger partial charge in [0, 0.05) is 12.1 Å². The van der Waals surface area contributed by atoms with Gasteiger partial charge in [-0.3, -0.25) is 4.79 Å². The second-order valence-corrected chi connectivity index (χ2v) is 8.52. The van der Waals surface area contributed by atoms with Crippen LogP contribution < -0.4 is 0 Å². The maximum atomic E-state index is 13.4. The number of morpholine rings is 1. The minimum absolute atomic E-state index is 0.0371. The number of hydrogen-bond donors (Lipinski definition) is 0. The normalized spacial score (nSPS) is 27.4. The summed E-state index contributed by atoms with van der Waals surface area (Å²) in [6, 6.07) is 16.0. The number of halogens is 1. The Morgan fingerprint density at radius 2 is 1.86 bits per heavy atom. The molecule has 2 saturated heterocycles. The Morgan fingerprint density at radius 1 is 1.14 bits per heavy atom. The average Bonchev–Trinajstić information content (AvgIpc) is 2.74. The van der Waals surface area contributed by atoms with Crippen LogP contribution in [0.2, 0.25) is 0 Å². The highest BCUT2D eigenvalue weighted by molar-refractivity contribution is 5.94. The third-order valence-electron chi connectivity index (χ3n) is 6.13. The van der Waals surface area contributed by atoms with Gasteiger partial charge in [-0.15, -0.1) is 0 Å². The molecule has 2 heterocycles. The van der Waals surface area contributed by atoms with E-state index in [1.807, 2.05) is 35.2 Å². The Labute approximate surface area is 171 Å². The standard InChI is InChI=1S/C24H28FNO3/c1-17(2)21-14-24(16-28-22(21)18-8-10-20(25)11-9-18)15-26(12-13-29-24)23(27)19-6-4-3-5-7-19/h3-11,17,21-22H,12-16H2,1-2H3/t21-,22-,24-/m0/s1. The molecular formula is C24H28FNO3. The summed E-state index contributed by atoms with van der Waals surface area (Å²) in [6.45, 7) is 6.41. The van der Waals surface area contributed by atoms with Gasteiger partial charge in [-0.2, -0.15) is 0 Å². The van der Waals surface area contributed by atoms with E-state index in [2.05, 4.69) is 13.8 Å². The quantitative estimate of drug-likeness (QED) is 0.767. The van der Waals surface area contributed by atoms with Gasteiger partial charge >= 0.3 is 0 Å². The van der Waals surface area contributed by atoms with Crippen LogP contribution in [-0.2, 0) is 9.47 Å². The number of nitrogens with zero attached hydrogens (tertiary/aromatic N) is 1. The molecule has 154 valence electrons. The second-order valence-electron chi connectivity index (χ2n) is 8.52. The molecule has 2 aliphatic rings. The first-order valence-corrected chi connectivity index (χ1v) is 10.3. The summed E-state index contributed by atoms with van der Waals surface area (Å²) in [7, 11) is 0. The molecule has 0 N–H and O–H groups in total. The smallest absolute Gasteiger partial charge is 0.254 e. The fraction of sp³-hybridized carbons (Fsp3) is 0.458. The number of ether oxygens (including phenoxy) is 2. The Balaban J connectivity index is 1.52. The topological polar surface area (TPSA) is 38.8 Å². The van der Waals surface area contributed by atoms with Crippen LogP contribution in [0.4, 0.5) is 4.39 Å². The van der Waals surface area contributed by atoms with Crippen molar-refractivity contribution in [3.05, 3.63) is 71.5 Å². The van der Waals surface area contributed by atoms with Crippen molar-refractivity contribution in [2.24, 2.45) is 11.8 Å². The molecule has 29 heavy (non-hydrogen) atoms. The molecule has 0 aliphatic carbocycles. The Morgan fingerprint density at radius 3 is 2.55 bits per heavy atom. The molecule has 0 unspecified atom stereocenters. The molecule has 2 aromatic carbocycles. The number of amides is 1. The summed E-state index contributed by atoms with van der Waals surface area (Å²) in [5.41, 5.74) is 1.20. The van der Waals surface area contributed by atoms with Crippen LogP contribution in [-0.4, -0.2) is 42.7 Å². The number of carbonyl (C=O) groups excluding carboxylic acids is 1. The van der Waals surface area contributed by atoms with E-state index >= 15 is 0 Å². The maximum absolute atomic E-state index is 13.4. The molecule has 0 aromatic heterocycles. The number of hydrogen-bond acceptors (Lipinski definition) is 3. The zero-order valence-corrected chi connectivity index (χ0v) is 17.0. The van der Waals surface area contributed by atoms with Crippen molar-refractivity contribution in [1.82, 2.24) is 4.90 Å². The van der Waals surface area contributed by atoms with Gasteiger partial charge in [-0.25, -0.2) is 4.39 Å². The highest BCUT2D eigenvalue weighted by atomic mass is 19.1. The first-order chi connectivity index (χ1) is 14.0. The number of carbonyl (C=O) groups is 1. The largest absolute Gasteiger partial charge is 0.370 e. The van der Waals surface area contributed by atoms with Crippen LogP contribution >= 0.6 is 0 Å². The molecule has 0 bridgehead atoms. The molecule has 2 fully saturated rings. The lowest BCUT2D eigenvalue weighted by atomic mass is 9.75. The summed E-state index contributed by atoms with van der Waals surface area (Å²) >= 11 is 0. The van der Waals surface area contributed by atoms with Crippen molar-refractivity contribution in [3.63, 3.8) is 0 Å². The van der Waals surface area contributed by atoms with Crippen molar-refractivity contribution in [3.8, 4) is 0 Å². The maximum Gasteiger partial charge on any atom is 0.254 e. The lowest BCUT2D eigenvalue weighted by Crippen LogP contribution is -2.59. The molecule has 3 atom stereocenters. The van der Waals surface area contributed by atoms with E-state index in [1.54, 1.807) is 12.1 Å². The first kappa shape index (κ1) is 20.0. The molecule has 2 aliphatic heterocycles. The predicted molar refractivity (Wildman–Crippen MR) is 109 cm³/mol. The summed E-state index contributed by atoms with van der Waals surface area (Å²) < 4.78 is 25.9.